The molecule has 1 amide bonds. The number of allylic oxidation sites excluding steroid dienone is 1. The highest BCUT2D eigenvalue weighted by molar-refractivity contribution is 8.00. The Morgan fingerprint density at radius 1 is 1.21 bits per heavy atom. The molecule has 1 unspecified atom stereocenters. The van der Waals surface area contributed by atoms with E-state index in [1.54, 1.807) is 19.3 Å². The maximum Gasteiger partial charge on any atom is 0.237 e. The van der Waals surface area contributed by atoms with Crippen molar-refractivity contribution in [2.75, 3.05) is 12.4 Å². The van der Waals surface area contributed by atoms with Gasteiger partial charge < -0.3 is 10.1 Å². The van der Waals surface area contributed by atoms with E-state index in [9.17, 15) is 4.79 Å². The Labute approximate surface area is 168 Å². The summed E-state index contributed by atoms with van der Waals surface area (Å²) in [5.74, 6) is 1.23. The fourth-order valence-corrected chi connectivity index (χ4v) is 3.52. The number of carbonyl (C=O) groups is 1. The van der Waals surface area contributed by atoms with E-state index in [1.165, 1.54) is 11.8 Å². The summed E-state index contributed by atoms with van der Waals surface area (Å²) in [6, 6.07) is 17.2. The Hall–Kier alpha value is -3.06. The molecule has 1 N–H and O–H groups in total. The van der Waals surface area contributed by atoms with Crippen molar-refractivity contribution in [2.24, 2.45) is 0 Å². The zero-order valence-corrected chi connectivity index (χ0v) is 16.6. The molecule has 0 aliphatic heterocycles. The van der Waals surface area contributed by atoms with E-state index >= 15 is 0 Å². The molecule has 1 heterocycles. The van der Waals surface area contributed by atoms with Crippen LogP contribution in [0.5, 0.6) is 5.75 Å². The largest absolute Gasteiger partial charge is 0.495 e. The van der Waals surface area contributed by atoms with Crippen molar-refractivity contribution in [1.29, 1.82) is 0 Å². The highest BCUT2D eigenvalue weighted by atomic mass is 32.2. The number of methoxy groups -OCH3 is 1. The molecule has 3 rings (SSSR count). The topological polar surface area (TPSA) is 69.0 Å². The molecule has 0 saturated heterocycles. The third-order valence-corrected chi connectivity index (χ3v) is 5.16. The van der Waals surface area contributed by atoms with Crippen LogP contribution in [-0.2, 0) is 11.3 Å². The zero-order chi connectivity index (χ0) is 19.9. The third-order valence-electron chi connectivity index (χ3n) is 4.08. The highest BCUT2D eigenvalue weighted by Crippen LogP contribution is 2.29. The number of ether oxygens (including phenoxy) is 1. The number of hydrogen-bond donors (Lipinski definition) is 1. The van der Waals surface area contributed by atoms with Gasteiger partial charge in [-0.05, 0) is 19.1 Å². The summed E-state index contributed by atoms with van der Waals surface area (Å²) in [5.41, 5.74) is 1.61. The molecule has 0 radical (unpaired) electrons. The molecule has 7 heteroatoms. The summed E-state index contributed by atoms with van der Waals surface area (Å²) in [6.07, 6.45) is 1.79. The Morgan fingerprint density at radius 3 is 2.64 bits per heavy atom. The standard InChI is InChI=1S/C21H22N4O2S/c1-4-14-25-19(16-10-6-5-7-11-16)23-24-21(25)28-15(2)20(26)22-17-12-8-9-13-18(17)27-3/h4-13,15H,1,14H2,2-3H3,(H,22,26). The molecule has 1 aromatic heterocycles. The quantitative estimate of drug-likeness (QED) is 0.457. The lowest BCUT2D eigenvalue weighted by molar-refractivity contribution is -0.115. The minimum atomic E-state index is -0.374. The van der Waals surface area contributed by atoms with Gasteiger partial charge >= 0.3 is 0 Å². The third kappa shape index (κ3) is 4.43. The van der Waals surface area contributed by atoms with E-state index in [-0.39, 0.29) is 11.2 Å². The predicted octanol–water partition coefficient (Wildman–Crippen LogP) is 4.26. The fourth-order valence-electron chi connectivity index (χ4n) is 2.66. The minimum absolute atomic E-state index is 0.135. The molecule has 1 atom stereocenters. The Balaban J connectivity index is 1.78. The zero-order valence-electron chi connectivity index (χ0n) is 15.8. The van der Waals surface area contributed by atoms with Crippen LogP contribution in [0.3, 0.4) is 0 Å². The summed E-state index contributed by atoms with van der Waals surface area (Å²) in [5, 5.41) is 11.8. The molecule has 28 heavy (non-hydrogen) atoms. The van der Waals surface area contributed by atoms with E-state index in [4.69, 9.17) is 4.74 Å². The number of thioether (sulfide) groups is 1. The number of carbonyl (C=O) groups excluding carboxylic acids is 1. The van der Waals surface area contributed by atoms with Crippen molar-refractivity contribution >= 4 is 23.4 Å². The maximum atomic E-state index is 12.7. The number of rotatable bonds is 8. The van der Waals surface area contributed by atoms with Crippen LogP contribution >= 0.6 is 11.8 Å². The minimum Gasteiger partial charge on any atom is -0.495 e. The Kier molecular flexibility index (Phi) is 6.49. The smallest absolute Gasteiger partial charge is 0.237 e. The van der Waals surface area contributed by atoms with Gasteiger partial charge in [-0.1, -0.05) is 60.3 Å². The van der Waals surface area contributed by atoms with E-state index < -0.39 is 0 Å². The van der Waals surface area contributed by atoms with Gasteiger partial charge in [0.25, 0.3) is 0 Å². The lowest BCUT2D eigenvalue weighted by Gasteiger charge is -2.14. The second kappa shape index (κ2) is 9.23. The lowest BCUT2D eigenvalue weighted by Crippen LogP contribution is -2.23. The molecule has 0 spiro atoms. The number of benzene rings is 2. The summed E-state index contributed by atoms with van der Waals surface area (Å²) in [6.45, 7) is 6.22. The van der Waals surface area contributed by atoms with Crippen LogP contribution in [0.15, 0.2) is 72.4 Å². The van der Waals surface area contributed by atoms with Gasteiger partial charge in [0, 0.05) is 12.1 Å². The van der Waals surface area contributed by atoms with Crippen LogP contribution in [0.1, 0.15) is 6.92 Å². The van der Waals surface area contributed by atoms with Crippen molar-refractivity contribution in [3.05, 3.63) is 67.3 Å². The number of nitrogens with one attached hydrogen (secondary N) is 1. The summed E-state index contributed by atoms with van der Waals surface area (Å²) in [7, 11) is 1.58. The molecule has 3 aromatic rings. The molecule has 0 bridgehead atoms. The lowest BCUT2D eigenvalue weighted by atomic mass is 10.2. The summed E-state index contributed by atoms with van der Waals surface area (Å²) < 4.78 is 7.25. The first-order valence-corrected chi connectivity index (χ1v) is 9.72. The number of para-hydroxylation sites is 2. The average molecular weight is 395 g/mol. The highest BCUT2D eigenvalue weighted by Gasteiger charge is 2.21. The average Bonchev–Trinajstić information content (AvgIpc) is 3.11. The molecule has 6 nitrogen and oxygen atoms in total. The van der Waals surface area contributed by atoms with Crippen LogP contribution in [0.4, 0.5) is 5.69 Å². The first kappa shape index (κ1) is 19.7. The van der Waals surface area contributed by atoms with E-state index in [0.29, 0.717) is 23.1 Å². The van der Waals surface area contributed by atoms with E-state index in [2.05, 4.69) is 22.1 Å². The maximum absolute atomic E-state index is 12.7. The van der Waals surface area contributed by atoms with Crippen LogP contribution in [-0.4, -0.2) is 33.0 Å². The van der Waals surface area contributed by atoms with Gasteiger partial charge in [-0.25, -0.2) is 0 Å². The molecule has 0 saturated carbocycles. The van der Waals surface area contributed by atoms with Gasteiger partial charge in [0.2, 0.25) is 5.91 Å². The second-order valence-electron chi connectivity index (χ2n) is 6.02. The fraction of sp³-hybridized carbons (Fsp3) is 0.190. The molecular weight excluding hydrogens is 372 g/mol. The molecule has 144 valence electrons. The van der Waals surface area contributed by atoms with Gasteiger partial charge in [-0.15, -0.1) is 16.8 Å². The Bertz CT molecular complexity index is 956. The number of nitrogens with zero attached hydrogens (tertiary/aromatic N) is 3. The van der Waals surface area contributed by atoms with Crippen molar-refractivity contribution in [3.8, 4) is 17.1 Å². The number of anilines is 1. The normalized spacial score (nSPS) is 11.6. The van der Waals surface area contributed by atoms with Crippen LogP contribution in [0, 0.1) is 0 Å². The number of hydrogen-bond acceptors (Lipinski definition) is 5. The van der Waals surface area contributed by atoms with E-state index in [0.717, 1.165) is 11.4 Å². The summed E-state index contributed by atoms with van der Waals surface area (Å²) >= 11 is 1.36. The molecule has 2 aromatic carbocycles. The SMILES string of the molecule is C=CCn1c(SC(C)C(=O)Nc2ccccc2OC)nnc1-c1ccccc1. The van der Waals surface area contributed by atoms with Gasteiger partial charge in [0.15, 0.2) is 11.0 Å². The Morgan fingerprint density at radius 2 is 1.93 bits per heavy atom. The van der Waals surface area contributed by atoms with Crippen molar-refractivity contribution in [1.82, 2.24) is 14.8 Å². The van der Waals surface area contributed by atoms with Gasteiger partial charge in [-0.2, -0.15) is 0 Å². The van der Waals surface area contributed by atoms with Crippen LogP contribution in [0.25, 0.3) is 11.4 Å². The summed E-state index contributed by atoms with van der Waals surface area (Å²) in [4.78, 5) is 12.7. The predicted molar refractivity (Wildman–Crippen MR) is 113 cm³/mol. The molecule has 0 aliphatic rings. The van der Waals surface area contributed by atoms with Gasteiger partial charge in [0.1, 0.15) is 5.75 Å². The van der Waals surface area contributed by atoms with Gasteiger partial charge in [0.05, 0.1) is 18.0 Å². The second-order valence-corrected chi connectivity index (χ2v) is 7.33. The number of aromatic nitrogens is 3. The van der Waals surface area contributed by atoms with Crippen molar-refractivity contribution in [2.45, 2.75) is 23.9 Å². The first-order valence-electron chi connectivity index (χ1n) is 8.84. The van der Waals surface area contributed by atoms with Gasteiger partial charge in [-0.3, -0.25) is 9.36 Å². The number of amides is 1. The van der Waals surface area contributed by atoms with Crippen LogP contribution in [0.2, 0.25) is 0 Å². The monoisotopic (exact) mass is 394 g/mol. The van der Waals surface area contributed by atoms with E-state index in [1.807, 2.05) is 60.0 Å². The van der Waals surface area contributed by atoms with Crippen molar-refractivity contribution < 1.29 is 9.53 Å². The molecular formula is C21H22N4O2S. The van der Waals surface area contributed by atoms with Crippen molar-refractivity contribution in [3.63, 3.8) is 0 Å². The molecule has 0 fully saturated rings. The van der Waals surface area contributed by atoms with Crippen LogP contribution < -0.4 is 10.1 Å². The first-order chi connectivity index (χ1) is 13.6. The molecule has 0 aliphatic carbocycles.